The van der Waals surface area contributed by atoms with Crippen molar-refractivity contribution in [1.82, 2.24) is 0 Å². The Hall–Kier alpha value is -0.100. The minimum Gasteiger partial charge on any atom is -0.293 e. The van der Waals surface area contributed by atoms with Gasteiger partial charge in [0.1, 0.15) is 0 Å². The van der Waals surface area contributed by atoms with Crippen LogP contribution in [0.5, 0.6) is 0 Å². The number of halogens is 2. The standard InChI is InChI=1S/C13H10Br2OS2/c14-12-6-10(13(15)18-12)11(16)8-17-7-9-4-2-1-3-5-9/h1-6H,7-8H2. The number of benzene rings is 1. The van der Waals surface area contributed by atoms with Gasteiger partial charge in [0.25, 0.3) is 0 Å². The lowest BCUT2D eigenvalue weighted by molar-refractivity contribution is 0.102. The molecule has 2 rings (SSSR count). The van der Waals surface area contributed by atoms with Gasteiger partial charge >= 0.3 is 0 Å². The Labute approximate surface area is 131 Å². The van der Waals surface area contributed by atoms with Crippen LogP contribution < -0.4 is 0 Å². The molecule has 0 atom stereocenters. The molecule has 0 bridgehead atoms. The Kier molecular flexibility index (Phi) is 5.48. The van der Waals surface area contributed by atoms with Gasteiger partial charge in [-0.3, -0.25) is 4.79 Å². The molecule has 1 aromatic carbocycles. The summed E-state index contributed by atoms with van der Waals surface area (Å²) >= 11 is 9.98. The number of carbonyl (C=O) groups excluding carboxylic acids is 1. The number of rotatable bonds is 5. The zero-order valence-corrected chi connectivity index (χ0v) is 14.2. The molecule has 2 aromatic rings. The number of carbonyl (C=O) groups is 1. The van der Waals surface area contributed by atoms with Gasteiger partial charge in [-0.15, -0.1) is 23.1 Å². The zero-order valence-electron chi connectivity index (χ0n) is 9.36. The van der Waals surface area contributed by atoms with Gasteiger partial charge in [0.2, 0.25) is 0 Å². The number of hydrogen-bond acceptors (Lipinski definition) is 3. The van der Waals surface area contributed by atoms with Gasteiger partial charge in [-0.25, -0.2) is 0 Å². The van der Waals surface area contributed by atoms with Gasteiger partial charge in [-0.1, -0.05) is 30.3 Å². The van der Waals surface area contributed by atoms with Crippen LogP contribution >= 0.6 is 55.0 Å². The van der Waals surface area contributed by atoms with Gasteiger partial charge in [0.05, 0.1) is 13.3 Å². The van der Waals surface area contributed by atoms with Crippen LogP contribution in [0.15, 0.2) is 44.0 Å². The van der Waals surface area contributed by atoms with Crippen molar-refractivity contribution in [3.8, 4) is 0 Å². The molecule has 0 amide bonds. The highest BCUT2D eigenvalue weighted by molar-refractivity contribution is 9.12. The van der Waals surface area contributed by atoms with Gasteiger partial charge in [0.15, 0.2) is 5.78 Å². The number of thiophene rings is 1. The third-order valence-corrected chi connectivity index (χ3v) is 5.64. The van der Waals surface area contributed by atoms with Gasteiger partial charge in [-0.2, -0.15) is 0 Å². The lowest BCUT2D eigenvalue weighted by Gasteiger charge is -2.01. The summed E-state index contributed by atoms with van der Waals surface area (Å²) in [5.74, 6) is 1.55. The summed E-state index contributed by atoms with van der Waals surface area (Å²) in [5.41, 5.74) is 2.02. The molecule has 1 aromatic heterocycles. The highest BCUT2D eigenvalue weighted by atomic mass is 79.9. The van der Waals surface area contributed by atoms with E-state index in [2.05, 4.69) is 44.0 Å². The van der Waals surface area contributed by atoms with Crippen molar-refractivity contribution in [2.75, 3.05) is 5.75 Å². The Bertz CT molecular complexity index is 537. The molecular formula is C13H10Br2OS2. The number of hydrogen-bond donors (Lipinski definition) is 0. The van der Waals surface area contributed by atoms with Gasteiger partial charge in [-0.05, 0) is 43.5 Å². The highest BCUT2D eigenvalue weighted by Crippen LogP contribution is 2.32. The van der Waals surface area contributed by atoms with Crippen molar-refractivity contribution in [2.45, 2.75) is 5.75 Å². The summed E-state index contributed by atoms with van der Waals surface area (Å²) in [7, 11) is 0. The van der Waals surface area contributed by atoms with Crippen LogP contribution in [0.1, 0.15) is 15.9 Å². The molecule has 0 fully saturated rings. The Morgan fingerprint density at radius 2 is 1.94 bits per heavy atom. The SMILES string of the molecule is O=C(CSCc1ccccc1)c1cc(Br)sc1Br. The van der Waals surface area contributed by atoms with Crippen molar-refractivity contribution in [3.63, 3.8) is 0 Å². The van der Waals surface area contributed by atoms with Crippen molar-refractivity contribution in [2.24, 2.45) is 0 Å². The Balaban J connectivity index is 1.87. The maximum atomic E-state index is 12.0. The van der Waals surface area contributed by atoms with Gasteiger partial charge in [0, 0.05) is 11.3 Å². The quantitative estimate of drug-likeness (QED) is 0.620. The normalized spacial score (nSPS) is 10.6. The van der Waals surface area contributed by atoms with E-state index in [1.807, 2.05) is 24.3 Å². The lowest BCUT2D eigenvalue weighted by atomic mass is 10.2. The molecule has 5 heteroatoms. The van der Waals surface area contributed by atoms with Crippen molar-refractivity contribution >= 4 is 60.7 Å². The fourth-order valence-electron chi connectivity index (χ4n) is 1.44. The summed E-state index contributed by atoms with van der Waals surface area (Å²) in [6.07, 6.45) is 0. The maximum absolute atomic E-state index is 12.0. The molecule has 1 nitrogen and oxygen atoms in total. The molecule has 0 aliphatic heterocycles. The molecule has 94 valence electrons. The molecule has 18 heavy (non-hydrogen) atoms. The van der Waals surface area contributed by atoms with Gasteiger partial charge < -0.3 is 0 Å². The second kappa shape index (κ2) is 6.89. The van der Waals surface area contributed by atoms with E-state index in [1.165, 1.54) is 16.9 Å². The molecule has 0 unspecified atom stereocenters. The first-order valence-corrected chi connectivity index (χ1v) is 8.82. The van der Waals surface area contributed by atoms with E-state index in [9.17, 15) is 4.79 Å². The summed E-state index contributed by atoms with van der Waals surface area (Å²) in [4.78, 5) is 12.0. The van der Waals surface area contributed by atoms with Crippen molar-refractivity contribution < 1.29 is 4.79 Å². The first-order chi connectivity index (χ1) is 8.66. The predicted octanol–water partition coefficient (Wildman–Crippen LogP) is 5.39. The highest BCUT2D eigenvalue weighted by Gasteiger charge is 2.13. The fourth-order valence-corrected chi connectivity index (χ4v) is 5.17. The number of thioether (sulfide) groups is 1. The maximum Gasteiger partial charge on any atom is 0.174 e. The second-order valence-electron chi connectivity index (χ2n) is 3.64. The van der Waals surface area contributed by atoms with E-state index in [0.717, 1.165) is 18.9 Å². The summed E-state index contributed by atoms with van der Waals surface area (Å²) < 4.78 is 1.88. The fraction of sp³-hybridized carbons (Fsp3) is 0.154. The average Bonchev–Trinajstić information content (AvgIpc) is 2.70. The molecule has 0 saturated carbocycles. The van der Waals surface area contributed by atoms with E-state index in [4.69, 9.17) is 0 Å². The van der Waals surface area contributed by atoms with Crippen LogP contribution in [0.3, 0.4) is 0 Å². The molecule has 0 saturated heterocycles. The first-order valence-electron chi connectivity index (χ1n) is 5.26. The van der Waals surface area contributed by atoms with Crippen molar-refractivity contribution in [1.29, 1.82) is 0 Å². The second-order valence-corrected chi connectivity index (χ2v) is 8.37. The molecule has 1 heterocycles. The first kappa shape index (κ1) is 14.3. The van der Waals surface area contributed by atoms with Crippen LogP contribution in [0.4, 0.5) is 0 Å². The predicted molar refractivity (Wildman–Crippen MR) is 86.7 cm³/mol. The Morgan fingerprint density at radius 1 is 1.22 bits per heavy atom. The van der Waals surface area contributed by atoms with E-state index >= 15 is 0 Å². The van der Waals surface area contributed by atoms with E-state index in [1.54, 1.807) is 11.8 Å². The van der Waals surface area contributed by atoms with Crippen molar-refractivity contribution in [3.05, 3.63) is 55.1 Å². The van der Waals surface area contributed by atoms with Crippen LogP contribution in [0, 0.1) is 0 Å². The van der Waals surface area contributed by atoms with Crippen LogP contribution in [0.25, 0.3) is 0 Å². The van der Waals surface area contributed by atoms with E-state index < -0.39 is 0 Å². The minimum atomic E-state index is 0.171. The zero-order chi connectivity index (χ0) is 13.0. The largest absolute Gasteiger partial charge is 0.293 e. The van der Waals surface area contributed by atoms with Crippen LogP contribution in [-0.4, -0.2) is 11.5 Å². The van der Waals surface area contributed by atoms with Crippen LogP contribution in [-0.2, 0) is 5.75 Å². The summed E-state index contributed by atoms with van der Waals surface area (Å²) in [5, 5.41) is 0. The van der Waals surface area contributed by atoms with E-state index in [0.29, 0.717) is 5.75 Å². The smallest absolute Gasteiger partial charge is 0.174 e. The topological polar surface area (TPSA) is 17.1 Å². The van der Waals surface area contributed by atoms with E-state index in [-0.39, 0.29) is 5.78 Å². The van der Waals surface area contributed by atoms with Crippen LogP contribution in [0.2, 0.25) is 0 Å². The molecular weight excluding hydrogens is 396 g/mol. The third-order valence-electron chi connectivity index (χ3n) is 2.30. The lowest BCUT2D eigenvalue weighted by Crippen LogP contribution is -2.01. The number of Topliss-reactive ketones (excluding diaryl/α,β-unsaturated/α-hetero) is 1. The summed E-state index contributed by atoms with van der Waals surface area (Å²) in [6, 6.07) is 12.1. The molecule has 0 radical (unpaired) electrons. The third kappa shape index (κ3) is 3.95. The average molecular weight is 406 g/mol. The summed E-state index contributed by atoms with van der Waals surface area (Å²) in [6.45, 7) is 0. The minimum absolute atomic E-state index is 0.171. The monoisotopic (exact) mass is 404 g/mol. The molecule has 0 spiro atoms. The molecule has 0 N–H and O–H groups in total. The molecule has 0 aliphatic rings. The number of ketones is 1. The Morgan fingerprint density at radius 3 is 2.56 bits per heavy atom. The molecule has 0 aliphatic carbocycles.